The van der Waals surface area contributed by atoms with Gasteiger partial charge in [0.15, 0.2) is 0 Å². The van der Waals surface area contributed by atoms with E-state index in [4.69, 9.17) is 10.3 Å². The Morgan fingerprint density at radius 2 is 2.12 bits per heavy atom. The van der Waals surface area contributed by atoms with Gasteiger partial charge in [0.25, 0.3) is 0 Å². The molecule has 0 spiro atoms. The van der Waals surface area contributed by atoms with Crippen molar-refractivity contribution in [3.8, 4) is 5.75 Å². The van der Waals surface area contributed by atoms with E-state index in [1.165, 1.54) is 0 Å². The number of hydrogen-bond donors (Lipinski definition) is 0. The van der Waals surface area contributed by atoms with Gasteiger partial charge in [-0.25, -0.2) is 0 Å². The lowest BCUT2D eigenvalue weighted by Crippen LogP contribution is -2.17. The van der Waals surface area contributed by atoms with Crippen molar-refractivity contribution in [2.24, 2.45) is 5.11 Å². The zero-order chi connectivity index (χ0) is 11.4. The molecular weight excluding hydrogens is 202 g/mol. The Bertz CT molecular complexity index is 418. The van der Waals surface area contributed by atoms with Crippen LogP contribution in [-0.4, -0.2) is 7.11 Å². The molecule has 0 bridgehead atoms. The predicted molar refractivity (Wildman–Crippen MR) is 62.3 cm³/mol. The minimum Gasteiger partial charge on any atom is -0.497 e. The standard InChI is InChI=1S/C12H15N3O/c1-16-11-6-4-5-10(9-11)12(14-15-13)7-2-3-8-12/h4-6,9H,2-3,7-8H2,1H3. The molecule has 0 saturated heterocycles. The minimum absolute atomic E-state index is 0.344. The van der Waals surface area contributed by atoms with Gasteiger partial charge >= 0.3 is 0 Å². The summed E-state index contributed by atoms with van der Waals surface area (Å²) < 4.78 is 5.20. The number of methoxy groups -OCH3 is 1. The third-order valence-corrected chi connectivity index (χ3v) is 3.27. The minimum atomic E-state index is -0.344. The number of azide groups is 1. The predicted octanol–water partition coefficient (Wildman–Crippen LogP) is 3.77. The molecule has 0 radical (unpaired) electrons. The molecule has 0 unspecified atom stereocenters. The number of rotatable bonds is 3. The molecule has 16 heavy (non-hydrogen) atoms. The van der Waals surface area contributed by atoms with Gasteiger partial charge in [-0.2, -0.15) is 0 Å². The maximum atomic E-state index is 8.71. The lowest BCUT2D eigenvalue weighted by atomic mass is 9.89. The molecule has 0 heterocycles. The molecule has 1 fully saturated rings. The Morgan fingerprint density at radius 1 is 1.38 bits per heavy atom. The van der Waals surface area contributed by atoms with E-state index >= 15 is 0 Å². The van der Waals surface area contributed by atoms with Crippen LogP contribution in [0.3, 0.4) is 0 Å². The molecule has 1 aromatic rings. The summed E-state index contributed by atoms with van der Waals surface area (Å²) in [6.07, 6.45) is 4.11. The Morgan fingerprint density at radius 3 is 2.75 bits per heavy atom. The molecule has 4 nitrogen and oxygen atoms in total. The van der Waals surface area contributed by atoms with Gasteiger partial charge < -0.3 is 4.74 Å². The molecule has 0 amide bonds. The van der Waals surface area contributed by atoms with Crippen LogP contribution in [0, 0.1) is 0 Å². The fraction of sp³-hybridized carbons (Fsp3) is 0.500. The number of hydrogen-bond acceptors (Lipinski definition) is 2. The van der Waals surface area contributed by atoms with Crippen molar-refractivity contribution in [2.45, 2.75) is 31.2 Å². The van der Waals surface area contributed by atoms with Crippen molar-refractivity contribution in [2.75, 3.05) is 7.11 Å². The molecule has 2 rings (SSSR count). The first kappa shape index (κ1) is 10.8. The summed E-state index contributed by atoms with van der Waals surface area (Å²) in [5, 5.41) is 4.03. The molecule has 1 aliphatic rings. The first-order chi connectivity index (χ1) is 7.80. The molecular formula is C12H15N3O. The van der Waals surface area contributed by atoms with E-state index in [0.717, 1.165) is 37.0 Å². The van der Waals surface area contributed by atoms with Crippen LogP contribution >= 0.6 is 0 Å². The number of benzene rings is 1. The van der Waals surface area contributed by atoms with Crippen LogP contribution in [0.5, 0.6) is 5.75 Å². The van der Waals surface area contributed by atoms with Gasteiger partial charge in [-0.3, -0.25) is 0 Å². The monoisotopic (exact) mass is 217 g/mol. The quantitative estimate of drug-likeness (QED) is 0.432. The van der Waals surface area contributed by atoms with E-state index < -0.39 is 0 Å². The van der Waals surface area contributed by atoms with Crippen molar-refractivity contribution in [3.63, 3.8) is 0 Å². The van der Waals surface area contributed by atoms with Gasteiger partial charge in [-0.1, -0.05) is 30.1 Å². The highest BCUT2D eigenvalue weighted by Crippen LogP contribution is 2.43. The highest BCUT2D eigenvalue weighted by molar-refractivity contribution is 5.34. The van der Waals surface area contributed by atoms with Gasteiger partial charge in [-0.15, -0.1) is 0 Å². The van der Waals surface area contributed by atoms with Crippen molar-refractivity contribution < 1.29 is 4.74 Å². The zero-order valence-corrected chi connectivity index (χ0v) is 9.39. The summed E-state index contributed by atoms with van der Waals surface area (Å²) in [5.41, 5.74) is 9.43. The Balaban J connectivity index is 2.42. The summed E-state index contributed by atoms with van der Waals surface area (Å²) in [7, 11) is 1.65. The largest absolute Gasteiger partial charge is 0.497 e. The molecule has 84 valence electrons. The summed E-state index contributed by atoms with van der Waals surface area (Å²) in [4.78, 5) is 3.01. The van der Waals surface area contributed by atoms with Crippen LogP contribution in [0.4, 0.5) is 0 Å². The maximum Gasteiger partial charge on any atom is 0.119 e. The second-order valence-corrected chi connectivity index (χ2v) is 4.16. The molecule has 1 aliphatic carbocycles. The average Bonchev–Trinajstić information content (AvgIpc) is 2.80. The van der Waals surface area contributed by atoms with E-state index in [1.54, 1.807) is 7.11 Å². The molecule has 0 N–H and O–H groups in total. The van der Waals surface area contributed by atoms with Crippen molar-refractivity contribution in [1.29, 1.82) is 0 Å². The van der Waals surface area contributed by atoms with Gasteiger partial charge in [0.05, 0.1) is 12.6 Å². The SMILES string of the molecule is COc1cccc(C2(N=[N+]=[N-])CCCC2)c1. The smallest absolute Gasteiger partial charge is 0.119 e. The molecule has 1 aromatic carbocycles. The summed E-state index contributed by atoms with van der Waals surface area (Å²) in [6, 6.07) is 7.84. The fourth-order valence-electron chi connectivity index (χ4n) is 2.40. The molecule has 0 atom stereocenters. The Kier molecular flexibility index (Phi) is 3.02. The second kappa shape index (κ2) is 4.45. The maximum absolute atomic E-state index is 8.71. The Hall–Kier alpha value is -1.67. The van der Waals surface area contributed by atoms with Crippen LogP contribution in [0.15, 0.2) is 29.4 Å². The highest BCUT2D eigenvalue weighted by atomic mass is 16.5. The first-order valence-electron chi connectivity index (χ1n) is 5.51. The van der Waals surface area contributed by atoms with Crippen LogP contribution in [-0.2, 0) is 5.54 Å². The number of ether oxygens (including phenoxy) is 1. The second-order valence-electron chi connectivity index (χ2n) is 4.16. The van der Waals surface area contributed by atoms with Gasteiger partial charge in [-0.05, 0) is 36.1 Å². The van der Waals surface area contributed by atoms with Gasteiger partial charge in [0, 0.05) is 4.91 Å². The molecule has 1 saturated carbocycles. The molecule has 4 heteroatoms. The zero-order valence-electron chi connectivity index (χ0n) is 9.39. The first-order valence-corrected chi connectivity index (χ1v) is 5.51. The molecule has 0 aromatic heterocycles. The van der Waals surface area contributed by atoms with E-state index in [-0.39, 0.29) is 5.54 Å². The normalized spacial score (nSPS) is 17.8. The lowest BCUT2D eigenvalue weighted by molar-refractivity contribution is 0.408. The Labute approximate surface area is 94.9 Å². The van der Waals surface area contributed by atoms with E-state index in [1.807, 2.05) is 24.3 Å². The summed E-state index contributed by atoms with van der Waals surface area (Å²) in [6.45, 7) is 0. The fourth-order valence-corrected chi connectivity index (χ4v) is 2.40. The average molecular weight is 217 g/mol. The van der Waals surface area contributed by atoms with Crippen molar-refractivity contribution in [3.05, 3.63) is 40.3 Å². The summed E-state index contributed by atoms with van der Waals surface area (Å²) in [5.74, 6) is 0.817. The van der Waals surface area contributed by atoms with Gasteiger partial charge in [0.2, 0.25) is 0 Å². The molecule has 0 aliphatic heterocycles. The summed E-state index contributed by atoms with van der Waals surface area (Å²) >= 11 is 0. The van der Waals surface area contributed by atoms with E-state index in [2.05, 4.69) is 10.0 Å². The van der Waals surface area contributed by atoms with E-state index in [0.29, 0.717) is 0 Å². The third kappa shape index (κ3) is 1.84. The van der Waals surface area contributed by atoms with Crippen molar-refractivity contribution >= 4 is 0 Å². The van der Waals surface area contributed by atoms with Crippen LogP contribution in [0.25, 0.3) is 10.4 Å². The van der Waals surface area contributed by atoms with Gasteiger partial charge in [0.1, 0.15) is 5.75 Å². The topological polar surface area (TPSA) is 58.0 Å². The lowest BCUT2D eigenvalue weighted by Gasteiger charge is -2.23. The third-order valence-electron chi connectivity index (χ3n) is 3.27. The number of nitrogens with zero attached hydrogens (tertiary/aromatic N) is 3. The van der Waals surface area contributed by atoms with Crippen LogP contribution in [0.1, 0.15) is 31.2 Å². The van der Waals surface area contributed by atoms with E-state index in [9.17, 15) is 0 Å². The highest BCUT2D eigenvalue weighted by Gasteiger charge is 2.34. The van der Waals surface area contributed by atoms with Crippen LogP contribution in [0.2, 0.25) is 0 Å². The van der Waals surface area contributed by atoms with Crippen LogP contribution < -0.4 is 4.74 Å². The van der Waals surface area contributed by atoms with Crippen molar-refractivity contribution in [1.82, 2.24) is 0 Å².